The normalized spacial score (nSPS) is 6.62. The fraction of sp³-hybridized carbons (Fsp3) is 0.0909. The first kappa shape index (κ1) is 14.8. The van der Waals surface area contributed by atoms with Crippen molar-refractivity contribution in [1.29, 1.82) is 0 Å². The molecule has 0 aromatic heterocycles. The first-order valence-corrected chi connectivity index (χ1v) is 3.71. The van der Waals surface area contributed by atoms with E-state index in [1.807, 2.05) is 60.7 Å². The van der Waals surface area contributed by atoms with E-state index >= 15 is 0 Å². The predicted molar refractivity (Wildman–Crippen MR) is 51.1 cm³/mol. The van der Waals surface area contributed by atoms with Gasteiger partial charge in [-0.15, -0.1) is 0 Å². The van der Waals surface area contributed by atoms with E-state index in [0.29, 0.717) is 7.18 Å². The zero-order chi connectivity index (χ0) is 9.07. The van der Waals surface area contributed by atoms with Gasteiger partial charge in [0.05, 0.1) is 7.18 Å². The molecule has 13 heavy (non-hydrogen) atoms. The molecular weight excluding hydrogens is 199 g/mol. The molecule has 0 unspecified atom stereocenters. The van der Waals surface area contributed by atoms with Crippen LogP contribution in [-0.2, 0) is 21.7 Å². The molecule has 2 heteroatoms. The maximum absolute atomic E-state index is 9.50. The molecule has 0 aliphatic carbocycles. The molecule has 0 N–H and O–H groups in total. The Bertz CT molecular complexity index is 149. The van der Waals surface area contributed by atoms with Gasteiger partial charge in [-0.25, -0.2) is 24.3 Å². The molecule has 0 aliphatic rings. The Balaban J connectivity index is 0. The van der Waals surface area contributed by atoms with Crippen LogP contribution in [0.4, 0.5) is 4.39 Å². The van der Waals surface area contributed by atoms with Crippen LogP contribution in [0.3, 0.4) is 0 Å². The second-order valence-corrected chi connectivity index (χ2v) is 1.92. The Morgan fingerprint density at radius 1 is 0.692 bits per heavy atom. The number of alkyl halides is 1. The van der Waals surface area contributed by atoms with Gasteiger partial charge >= 0.3 is 21.7 Å². The monoisotopic (exact) mass is 212 g/mol. The van der Waals surface area contributed by atoms with Crippen LogP contribution in [0.2, 0.25) is 0 Å². The molecule has 0 amide bonds. The van der Waals surface area contributed by atoms with Crippen molar-refractivity contribution in [2.75, 3.05) is 7.18 Å². The fourth-order valence-electron chi connectivity index (χ4n) is 0.642. The van der Waals surface area contributed by atoms with E-state index in [9.17, 15) is 4.39 Å². The van der Waals surface area contributed by atoms with E-state index < -0.39 is 0 Å². The Morgan fingerprint density at radius 2 is 0.923 bits per heavy atom. The molecule has 0 bridgehead atoms. The molecule has 0 fully saturated rings. The van der Waals surface area contributed by atoms with Crippen LogP contribution in [0.25, 0.3) is 0 Å². The molecule has 2 aromatic rings. The number of rotatable bonds is 0. The maximum Gasteiger partial charge on any atom is 2.00 e. The molecule has 2 aromatic carbocycles. The minimum atomic E-state index is 0. The van der Waals surface area contributed by atoms with E-state index in [1.165, 1.54) is 0 Å². The van der Waals surface area contributed by atoms with Gasteiger partial charge in [0.15, 0.2) is 0 Å². The summed E-state index contributed by atoms with van der Waals surface area (Å²) in [5.41, 5.74) is 0. The van der Waals surface area contributed by atoms with Gasteiger partial charge in [-0.2, -0.15) is 36.4 Å². The maximum atomic E-state index is 9.50. The molecule has 0 spiro atoms. The molecule has 0 radical (unpaired) electrons. The van der Waals surface area contributed by atoms with Crippen LogP contribution in [0.1, 0.15) is 0 Å². The van der Waals surface area contributed by atoms with E-state index in [0.717, 1.165) is 0 Å². The Hall–Kier alpha value is -0.656. The number of halogens is 1. The largest absolute Gasteiger partial charge is 2.00 e. The summed E-state index contributed by atoms with van der Waals surface area (Å²) in [5, 5.41) is 0. The molecule has 0 atom stereocenters. The number of hydrogen-bond donors (Lipinski definition) is 0. The predicted octanol–water partition coefficient (Wildman–Crippen LogP) is 3.39. The van der Waals surface area contributed by atoms with Crippen LogP contribution in [0.5, 0.6) is 0 Å². The van der Waals surface area contributed by atoms with E-state index in [4.69, 9.17) is 0 Å². The Labute approximate surface area is 94.0 Å². The summed E-state index contributed by atoms with van der Waals surface area (Å²) in [5.74, 6) is 0. The summed E-state index contributed by atoms with van der Waals surface area (Å²) in [6.07, 6.45) is 0. The average Bonchev–Trinajstić information content (AvgIpc) is 2.87. The third kappa shape index (κ3) is 11.3. The van der Waals surface area contributed by atoms with Gasteiger partial charge in [0.25, 0.3) is 0 Å². The van der Waals surface area contributed by atoms with Crippen LogP contribution in [0.15, 0.2) is 60.7 Å². The smallest absolute Gasteiger partial charge is 0.255 e. The Kier molecular flexibility index (Phi) is 15.9. The van der Waals surface area contributed by atoms with Gasteiger partial charge in [0, 0.05) is 0 Å². The van der Waals surface area contributed by atoms with Crippen LogP contribution < -0.4 is 0 Å². The van der Waals surface area contributed by atoms with Gasteiger partial charge in [-0.3, -0.25) is 4.39 Å². The summed E-state index contributed by atoms with van der Waals surface area (Å²) in [4.78, 5) is 0. The van der Waals surface area contributed by atoms with Crippen molar-refractivity contribution < 1.29 is 26.1 Å². The van der Waals surface area contributed by atoms with Crippen molar-refractivity contribution in [2.45, 2.75) is 0 Å². The minimum Gasteiger partial charge on any atom is -0.255 e. The molecule has 0 saturated carbocycles. The zero-order valence-corrected chi connectivity index (χ0v) is 9.21. The van der Waals surface area contributed by atoms with Crippen LogP contribution >= 0.6 is 0 Å². The average molecular weight is 212 g/mol. The minimum absolute atomic E-state index is 0. The summed E-state index contributed by atoms with van der Waals surface area (Å²) in [6.45, 7) is 0. The summed E-state index contributed by atoms with van der Waals surface area (Å²) >= 11 is 0. The van der Waals surface area contributed by atoms with E-state index in [2.05, 4.69) is 0 Å². The summed E-state index contributed by atoms with van der Waals surface area (Å²) in [6, 6.07) is 20.0. The van der Waals surface area contributed by atoms with Crippen molar-refractivity contribution in [1.82, 2.24) is 0 Å². The molecule has 0 saturated heterocycles. The molecule has 0 aliphatic heterocycles. The van der Waals surface area contributed by atoms with Gasteiger partial charge in [0.1, 0.15) is 0 Å². The van der Waals surface area contributed by atoms with Crippen molar-refractivity contribution in [3.8, 4) is 0 Å². The molecule has 68 valence electrons. The second kappa shape index (κ2) is 13.9. The molecular formula is C11H13FTi. The van der Waals surface area contributed by atoms with Gasteiger partial charge < -0.3 is 0 Å². The quantitative estimate of drug-likeness (QED) is 0.463. The first-order chi connectivity index (χ1) is 6.00. The van der Waals surface area contributed by atoms with Crippen molar-refractivity contribution in [3.63, 3.8) is 0 Å². The standard InChI is InChI=1S/2C5H5.CH3F.Ti/c2*1-2-4-5-3-1;1-2;/h2*1-5H;1H3;/q2*-1;;+2. The van der Waals surface area contributed by atoms with Crippen molar-refractivity contribution in [2.24, 2.45) is 0 Å². The van der Waals surface area contributed by atoms with Gasteiger partial charge in [0.2, 0.25) is 0 Å². The van der Waals surface area contributed by atoms with Crippen molar-refractivity contribution in [3.05, 3.63) is 60.7 Å². The van der Waals surface area contributed by atoms with Crippen LogP contribution in [0, 0.1) is 0 Å². The second-order valence-electron chi connectivity index (χ2n) is 1.92. The summed E-state index contributed by atoms with van der Waals surface area (Å²) < 4.78 is 9.50. The van der Waals surface area contributed by atoms with Crippen molar-refractivity contribution >= 4 is 0 Å². The third-order valence-electron chi connectivity index (χ3n) is 1.11. The molecule has 0 nitrogen and oxygen atoms in total. The van der Waals surface area contributed by atoms with Gasteiger partial charge in [-0.1, -0.05) is 0 Å². The number of hydrogen-bond acceptors (Lipinski definition) is 0. The zero-order valence-electron chi connectivity index (χ0n) is 7.65. The fourth-order valence-corrected chi connectivity index (χ4v) is 0.642. The SMILES string of the molecule is CF.[Ti+2].c1cc[cH-]c1.c1cc[cH-]c1. The molecule has 2 rings (SSSR count). The summed E-state index contributed by atoms with van der Waals surface area (Å²) in [7, 11) is 0.500. The van der Waals surface area contributed by atoms with E-state index in [1.54, 1.807) is 0 Å². The first-order valence-electron chi connectivity index (χ1n) is 3.71. The van der Waals surface area contributed by atoms with Gasteiger partial charge in [-0.05, 0) is 0 Å². The van der Waals surface area contributed by atoms with Crippen LogP contribution in [-0.4, -0.2) is 7.18 Å². The topological polar surface area (TPSA) is 0 Å². The Morgan fingerprint density at radius 3 is 1.00 bits per heavy atom. The molecule has 0 heterocycles. The third-order valence-corrected chi connectivity index (χ3v) is 1.11. The van der Waals surface area contributed by atoms with E-state index in [-0.39, 0.29) is 21.7 Å².